The lowest BCUT2D eigenvalue weighted by molar-refractivity contribution is 0.113. The van der Waals surface area contributed by atoms with Crippen LogP contribution in [0.15, 0.2) is 12.4 Å². The third kappa shape index (κ3) is 4.63. The number of nitrogen functional groups attached to an aromatic ring is 1. The van der Waals surface area contributed by atoms with Gasteiger partial charge in [-0.25, -0.2) is 0 Å². The smallest absolute Gasteiger partial charge is 0.0719 e. The van der Waals surface area contributed by atoms with Gasteiger partial charge >= 0.3 is 0 Å². The Morgan fingerprint density at radius 1 is 1.44 bits per heavy atom. The summed E-state index contributed by atoms with van der Waals surface area (Å²) in [4.78, 5) is 2.34. The van der Waals surface area contributed by atoms with E-state index in [-0.39, 0.29) is 0 Å². The highest BCUT2D eigenvalue weighted by Crippen LogP contribution is 1.98. The van der Waals surface area contributed by atoms with E-state index in [1.54, 1.807) is 6.20 Å². The molecule has 0 aliphatic heterocycles. The summed E-state index contributed by atoms with van der Waals surface area (Å²) in [6.07, 6.45) is 3.53. The van der Waals surface area contributed by atoms with Crippen LogP contribution in [0, 0.1) is 0 Å². The van der Waals surface area contributed by atoms with E-state index in [9.17, 15) is 0 Å². The molecule has 0 bridgehead atoms. The summed E-state index contributed by atoms with van der Waals surface area (Å²) >= 11 is 0. The van der Waals surface area contributed by atoms with E-state index < -0.39 is 0 Å². The first-order valence-corrected chi connectivity index (χ1v) is 5.84. The second-order valence-corrected chi connectivity index (χ2v) is 3.67. The molecule has 0 radical (unpaired) electrons. The van der Waals surface area contributed by atoms with Crippen molar-refractivity contribution < 1.29 is 4.74 Å². The predicted octanol–water partition coefficient (Wildman–Crippen LogP) is 0.824. The van der Waals surface area contributed by atoms with Gasteiger partial charge in [0.05, 0.1) is 25.0 Å². The van der Waals surface area contributed by atoms with E-state index in [0.29, 0.717) is 0 Å². The molecule has 1 aromatic rings. The molecular formula is C11H22N4O. The van der Waals surface area contributed by atoms with Gasteiger partial charge in [-0.1, -0.05) is 6.92 Å². The van der Waals surface area contributed by atoms with Gasteiger partial charge in [-0.2, -0.15) is 5.10 Å². The second kappa shape index (κ2) is 7.24. The molecule has 0 amide bonds. The fourth-order valence-corrected chi connectivity index (χ4v) is 1.51. The quantitative estimate of drug-likeness (QED) is 0.667. The Bertz CT molecular complexity index is 287. The lowest BCUT2D eigenvalue weighted by Crippen LogP contribution is -2.30. The van der Waals surface area contributed by atoms with Crippen LogP contribution in [-0.4, -0.2) is 47.5 Å². The molecule has 0 aromatic carbocycles. The van der Waals surface area contributed by atoms with E-state index >= 15 is 0 Å². The number of aromatic nitrogens is 2. The monoisotopic (exact) mass is 226 g/mol. The fraction of sp³-hybridized carbons (Fsp3) is 0.727. The zero-order chi connectivity index (χ0) is 11.8. The predicted molar refractivity (Wildman–Crippen MR) is 65.2 cm³/mol. The molecule has 1 heterocycles. The van der Waals surface area contributed by atoms with Crippen LogP contribution in [-0.2, 0) is 11.3 Å². The van der Waals surface area contributed by atoms with Gasteiger partial charge in [0.15, 0.2) is 0 Å². The zero-order valence-corrected chi connectivity index (χ0v) is 10.2. The standard InChI is InChI=1S/C11H22N4O/c1-3-14(7-8-16-4-2)5-6-15-10-11(12)9-13-15/h9-10H,3-8,12H2,1-2H3. The summed E-state index contributed by atoms with van der Waals surface area (Å²) in [7, 11) is 0. The summed E-state index contributed by atoms with van der Waals surface area (Å²) in [6, 6.07) is 0. The van der Waals surface area contributed by atoms with Crippen LogP contribution in [0.2, 0.25) is 0 Å². The summed E-state index contributed by atoms with van der Waals surface area (Å²) in [6.45, 7) is 9.61. The summed E-state index contributed by atoms with van der Waals surface area (Å²) in [5, 5.41) is 4.15. The van der Waals surface area contributed by atoms with E-state index in [1.807, 2.05) is 17.8 Å². The fourth-order valence-electron chi connectivity index (χ4n) is 1.51. The largest absolute Gasteiger partial charge is 0.396 e. The van der Waals surface area contributed by atoms with Gasteiger partial charge in [-0.15, -0.1) is 0 Å². The number of rotatable bonds is 8. The average molecular weight is 226 g/mol. The molecule has 92 valence electrons. The van der Waals surface area contributed by atoms with Gasteiger partial charge in [0.1, 0.15) is 0 Å². The first-order chi connectivity index (χ1) is 7.76. The Morgan fingerprint density at radius 2 is 2.25 bits per heavy atom. The highest BCUT2D eigenvalue weighted by molar-refractivity contribution is 5.30. The molecule has 0 saturated heterocycles. The minimum Gasteiger partial charge on any atom is -0.396 e. The van der Waals surface area contributed by atoms with Gasteiger partial charge in [0, 0.05) is 25.9 Å². The summed E-state index contributed by atoms with van der Waals surface area (Å²) in [5.41, 5.74) is 6.32. The zero-order valence-electron chi connectivity index (χ0n) is 10.2. The molecule has 0 saturated carbocycles. The number of anilines is 1. The van der Waals surface area contributed by atoms with Crippen LogP contribution in [0.5, 0.6) is 0 Å². The third-order valence-electron chi connectivity index (χ3n) is 2.50. The van der Waals surface area contributed by atoms with Crippen molar-refractivity contribution >= 4 is 5.69 Å². The second-order valence-electron chi connectivity index (χ2n) is 3.67. The van der Waals surface area contributed by atoms with Crippen LogP contribution in [0.4, 0.5) is 5.69 Å². The van der Waals surface area contributed by atoms with Crippen LogP contribution < -0.4 is 5.73 Å². The van der Waals surface area contributed by atoms with Gasteiger partial charge in [-0.05, 0) is 13.5 Å². The van der Waals surface area contributed by atoms with Gasteiger partial charge in [-0.3, -0.25) is 9.58 Å². The molecule has 0 fully saturated rings. The molecule has 0 unspecified atom stereocenters. The number of hydrogen-bond donors (Lipinski definition) is 1. The normalized spacial score (nSPS) is 11.2. The van der Waals surface area contributed by atoms with Crippen LogP contribution in [0.3, 0.4) is 0 Å². The Labute approximate surface area is 97.2 Å². The lowest BCUT2D eigenvalue weighted by atomic mass is 10.4. The van der Waals surface area contributed by atoms with Crippen molar-refractivity contribution in [3.8, 4) is 0 Å². The van der Waals surface area contributed by atoms with Crippen molar-refractivity contribution in [3.05, 3.63) is 12.4 Å². The molecule has 0 aliphatic rings. The number of nitrogens with two attached hydrogens (primary N) is 1. The van der Waals surface area contributed by atoms with Gasteiger partial charge in [0.2, 0.25) is 0 Å². The van der Waals surface area contributed by atoms with Crippen molar-refractivity contribution in [2.75, 3.05) is 38.6 Å². The molecular weight excluding hydrogens is 204 g/mol. The highest BCUT2D eigenvalue weighted by atomic mass is 16.5. The first kappa shape index (κ1) is 13.0. The van der Waals surface area contributed by atoms with Crippen LogP contribution >= 0.6 is 0 Å². The van der Waals surface area contributed by atoms with Gasteiger partial charge < -0.3 is 10.5 Å². The van der Waals surface area contributed by atoms with E-state index in [4.69, 9.17) is 10.5 Å². The topological polar surface area (TPSA) is 56.3 Å². The highest BCUT2D eigenvalue weighted by Gasteiger charge is 2.02. The molecule has 0 spiro atoms. The van der Waals surface area contributed by atoms with Crippen LogP contribution in [0.25, 0.3) is 0 Å². The molecule has 5 nitrogen and oxygen atoms in total. The maximum atomic E-state index is 5.60. The minimum absolute atomic E-state index is 0.720. The number of ether oxygens (including phenoxy) is 1. The Morgan fingerprint density at radius 3 is 2.81 bits per heavy atom. The minimum atomic E-state index is 0.720. The van der Waals surface area contributed by atoms with Crippen LogP contribution in [0.1, 0.15) is 13.8 Å². The van der Waals surface area contributed by atoms with Crippen molar-refractivity contribution in [3.63, 3.8) is 0 Å². The van der Waals surface area contributed by atoms with E-state index in [0.717, 1.165) is 45.1 Å². The maximum Gasteiger partial charge on any atom is 0.0719 e. The number of likely N-dealkylation sites (N-methyl/N-ethyl adjacent to an activating group) is 1. The van der Waals surface area contributed by atoms with Crippen molar-refractivity contribution in [1.82, 2.24) is 14.7 Å². The molecule has 5 heteroatoms. The Balaban J connectivity index is 2.22. The number of nitrogens with zero attached hydrogens (tertiary/aromatic N) is 3. The maximum absolute atomic E-state index is 5.60. The molecule has 1 rings (SSSR count). The molecule has 16 heavy (non-hydrogen) atoms. The third-order valence-corrected chi connectivity index (χ3v) is 2.50. The molecule has 1 aromatic heterocycles. The van der Waals surface area contributed by atoms with E-state index in [1.165, 1.54) is 0 Å². The molecule has 2 N–H and O–H groups in total. The average Bonchev–Trinajstić information content (AvgIpc) is 2.69. The van der Waals surface area contributed by atoms with Gasteiger partial charge in [0.25, 0.3) is 0 Å². The SMILES string of the molecule is CCOCCN(CC)CCn1cc(N)cn1. The molecule has 0 atom stereocenters. The Kier molecular flexibility index (Phi) is 5.88. The summed E-state index contributed by atoms with van der Waals surface area (Å²) in [5.74, 6) is 0. The van der Waals surface area contributed by atoms with Crippen molar-refractivity contribution in [2.45, 2.75) is 20.4 Å². The number of hydrogen-bond acceptors (Lipinski definition) is 4. The Hall–Kier alpha value is -1.07. The van der Waals surface area contributed by atoms with E-state index in [2.05, 4.69) is 16.9 Å². The van der Waals surface area contributed by atoms with Crippen molar-refractivity contribution in [1.29, 1.82) is 0 Å². The summed E-state index contributed by atoms with van der Waals surface area (Å²) < 4.78 is 7.21. The molecule has 0 aliphatic carbocycles. The first-order valence-electron chi connectivity index (χ1n) is 5.84. The van der Waals surface area contributed by atoms with Crippen molar-refractivity contribution in [2.24, 2.45) is 0 Å². The lowest BCUT2D eigenvalue weighted by Gasteiger charge is -2.19.